The van der Waals surface area contributed by atoms with Gasteiger partial charge in [-0.1, -0.05) is 6.92 Å². The molecular weight excluding hydrogens is 184 g/mol. The molecule has 5 heteroatoms. The van der Waals surface area contributed by atoms with Crippen molar-refractivity contribution >= 4 is 11.8 Å². The zero-order valence-electron chi connectivity index (χ0n) is 7.67. The number of rotatable bonds is 4. The maximum atomic E-state index is 11.5. The SMILES string of the molecule is CCC(C(=O)O)C(=O)c1ncccn1. The Labute approximate surface area is 80.8 Å². The molecule has 0 aliphatic carbocycles. The lowest BCUT2D eigenvalue weighted by Crippen LogP contribution is -2.24. The van der Waals surface area contributed by atoms with Gasteiger partial charge in [-0.2, -0.15) is 0 Å². The molecule has 1 heterocycles. The van der Waals surface area contributed by atoms with Crippen molar-refractivity contribution in [3.63, 3.8) is 0 Å². The van der Waals surface area contributed by atoms with E-state index in [4.69, 9.17) is 5.11 Å². The smallest absolute Gasteiger partial charge is 0.314 e. The third-order valence-electron chi connectivity index (χ3n) is 1.81. The van der Waals surface area contributed by atoms with Crippen LogP contribution in [0, 0.1) is 5.92 Å². The number of Topliss-reactive ketones (excluding diaryl/α,β-unsaturated/α-hetero) is 1. The normalized spacial score (nSPS) is 12.1. The third kappa shape index (κ3) is 2.12. The fourth-order valence-corrected chi connectivity index (χ4v) is 1.05. The van der Waals surface area contributed by atoms with Crippen LogP contribution in [0.3, 0.4) is 0 Å². The van der Waals surface area contributed by atoms with E-state index in [0.717, 1.165) is 0 Å². The maximum Gasteiger partial charge on any atom is 0.314 e. The highest BCUT2D eigenvalue weighted by molar-refractivity contribution is 6.05. The molecule has 0 bridgehead atoms. The largest absolute Gasteiger partial charge is 0.481 e. The Bertz CT molecular complexity index is 337. The van der Waals surface area contributed by atoms with Gasteiger partial charge in [0.2, 0.25) is 5.78 Å². The van der Waals surface area contributed by atoms with Gasteiger partial charge in [0, 0.05) is 12.4 Å². The molecule has 1 atom stereocenters. The second-order valence-corrected chi connectivity index (χ2v) is 2.74. The predicted molar refractivity (Wildman–Crippen MR) is 47.8 cm³/mol. The summed E-state index contributed by atoms with van der Waals surface area (Å²) in [5.41, 5.74) is 0. The van der Waals surface area contributed by atoms with Gasteiger partial charge < -0.3 is 5.11 Å². The lowest BCUT2D eigenvalue weighted by molar-refractivity contribution is -0.140. The minimum atomic E-state index is -1.13. The van der Waals surface area contributed by atoms with Crippen molar-refractivity contribution < 1.29 is 14.7 Å². The van der Waals surface area contributed by atoms with Gasteiger partial charge in [-0.3, -0.25) is 9.59 Å². The number of nitrogens with zero attached hydrogens (tertiary/aromatic N) is 2. The first kappa shape index (κ1) is 10.3. The van der Waals surface area contributed by atoms with E-state index in [1.54, 1.807) is 13.0 Å². The second kappa shape index (κ2) is 4.45. The Kier molecular flexibility index (Phi) is 3.28. The molecular formula is C9H10N2O3. The number of carboxylic acids is 1. The Morgan fingerprint density at radius 2 is 2.00 bits per heavy atom. The topological polar surface area (TPSA) is 80.1 Å². The van der Waals surface area contributed by atoms with Crippen LogP contribution in [0.5, 0.6) is 0 Å². The summed E-state index contributed by atoms with van der Waals surface area (Å²) in [6, 6.07) is 1.57. The van der Waals surface area contributed by atoms with Gasteiger partial charge in [0.15, 0.2) is 5.82 Å². The van der Waals surface area contributed by atoms with Crippen LogP contribution >= 0.6 is 0 Å². The van der Waals surface area contributed by atoms with Crippen LogP contribution < -0.4 is 0 Å². The van der Waals surface area contributed by atoms with E-state index in [1.807, 2.05) is 0 Å². The summed E-state index contributed by atoms with van der Waals surface area (Å²) in [5.74, 6) is -2.76. The Morgan fingerprint density at radius 1 is 1.43 bits per heavy atom. The lowest BCUT2D eigenvalue weighted by Gasteiger charge is -2.05. The van der Waals surface area contributed by atoms with E-state index in [2.05, 4.69) is 9.97 Å². The summed E-state index contributed by atoms with van der Waals surface area (Å²) >= 11 is 0. The molecule has 1 N–H and O–H groups in total. The van der Waals surface area contributed by atoms with E-state index in [0.29, 0.717) is 0 Å². The number of ketones is 1. The summed E-state index contributed by atoms with van der Waals surface area (Å²) in [5, 5.41) is 8.73. The van der Waals surface area contributed by atoms with E-state index < -0.39 is 17.7 Å². The van der Waals surface area contributed by atoms with E-state index in [1.165, 1.54) is 12.4 Å². The highest BCUT2D eigenvalue weighted by Crippen LogP contribution is 2.08. The molecule has 1 unspecified atom stereocenters. The van der Waals surface area contributed by atoms with Gasteiger partial charge in [0.25, 0.3) is 0 Å². The van der Waals surface area contributed by atoms with Crippen LogP contribution in [-0.4, -0.2) is 26.8 Å². The van der Waals surface area contributed by atoms with Gasteiger partial charge in [0.1, 0.15) is 5.92 Å². The lowest BCUT2D eigenvalue weighted by atomic mass is 10.0. The molecule has 0 aliphatic rings. The summed E-state index contributed by atoms with van der Waals surface area (Å²) in [6.45, 7) is 1.64. The number of carbonyl (C=O) groups excluding carboxylic acids is 1. The zero-order chi connectivity index (χ0) is 10.6. The molecule has 5 nitrogen and oxygen atoms in total. The molecule has 0 aromatic carbocycles. The molecule has 0 spiro atoms. The highest BCUT2D eigenvalue weighted by Gasteiger charge is 2.26. The first-order chi connectivity index (χ1) is 6.66. The zero-order valence-corrected chi connectivity index (χ0v) is 7.67. The van der Waals surface area contributed by atoms with E-state index in [9.17, 15) is 9.59 Å². The van der Waals surface area contributed by atoms with E-state index in [-0.39, 0.29) is 12.2 Å². The van der Waals surface area contributed by atoms with Gasteiger partial charge in [-0.15, -0.1) is 0 Å². The monoisotopic (exact) mass is 194 g/mol. The second-order valence-electron chi connectivity index (χ2n) is 2.74. The minimum absolute atomic E-state index is 0.0400. The number of hydrogen-bond donors (Lipinski definition) is 1. The maximum absolute atomic E-state index is 11.5. The number of aliphatic carboxylic acids is 1. The Hall–Kier alpha value is -1.78. The number of aromatic nitrogens is 2. The van der Waals surface area contributed by atoms with Crippen molar-refractivity contribution in [3.05, 3.63) is 24.3 Å². The first-order valence-corrected chi connectivity index (χ1v) is 4.20. The molecule has 14 heavy (non-hydrogen) atoms. The van der Waals surface area contributed by atoms with Crippen molar-refractivity contribution in [1.82, 2.24) is 9.97 Å². The molecule has 0 amide bonds. The van der Waals surface area contributed by atoms with Crippen LogP contribution in [0.25, 0.3) is 0 Å². The highest BCUT2D eigenvalue weighted by atomic mass is 16.4. The first-order valence-electron chi connectivity index (χ1n) is 4.20. The predicted octanol–water partition coefficient (Wildman–Crippen LogP) is 0.770. The van der Waals surface area contributed by atoms with Gasteiger partial charge in [-0.25, -0.2) is 9.97 Å². The fourth-order valence-electron chi connectivity index (χ4n) is 1.05. The van der Waals surface area contributed by atoms with Crippen LogP contribution in [0.2, 0.25) is 0 Å². The average Bonchev–Trinajstić information content (AvgIpc) is 2.19. The molecule has 0 fully saturated rings. The van der Waals surface area contributed by atoms with Crippen molar-refractivity contribution in [2.24, 2.45) is 5.92 Å². The molecule has 1 aromatic heterocycles. The van der Waals surface area contributed by atoms with Crippen LogP contribution in [0.15, 0.2) is 18.5 Å². The van der Waals surface area contributed by atoms with Crippen molar-refractivity contribution in [3.8, 4) is 0 Å². The average molecular weight is 194 g/mol. The molecule has 1 aromatic rings. The number of hydrogen-bond acceptors (Lipinski definition) is 4. The van der Waals surface area contributed by atoms with Gasteiger partial charge in [0.05, 0.1) is 0 Å². The van der Waals surface area contributed by atoms with Crippen LogP contribution in [0.4, 0.5) is 0 Å². The summed E-state index contributed by atoms with van der Waals surface area (Å²) in [4.78, 5) is 29.6. The number of carbonyl (C=O) groups is 2. The molecule has 0 saturated carbocycles. The Morgan fingerprint density at radius 3 is 2.43 bits per heavy atom. The number of carboxylic acid groups (broad SMARTS) is 1. The summed E-state index contributed by atoms with van der Waals surface area (Å²) < 4.78 is 0. The van der Waals surface area contributed by atoms with Crippen LogP contribution in [-0.2, 0) is 4.79 Å². The molecule has 74 valence electrons. The molecule has 0 radical (unpaired) electrons. The third-order valence-corrected chi connectivity index (χ3v) is 1.81. The summed E-state index contributed by atoms with van der Waals surface area (Å²) in [7, 11) is 0. The molecule has 0 saturated heterocycles. The molecule has 0 aliphatic heterocycles. The van der Waals surface area contributed by atoms with E-state index >= 15 is 0 Å². The van der Waals surface area contributed by atoms with Crippen molar-refractivity contribution in [2.45, 2.75) is 13.3 Å². The standard InChI is InChI=1S/C9H10N2O3/c1-2-6(9(13)14)7(12)8-10-4-3-5-11-8/h3-6H,2H2,1H3,(H,13,14). The summed E-state index contributed by atoms with van der Waals surface area (Å²) in [6.07, 6.45) is 3.07. The van der Waals surface area contributed by atoms with Crippen LogP contribution in [0.1, 0.15) is 24.0 Å². The van der Waals surface area contributed by atoms with Crippen molar-refractivity contribution in [2.75, 3.05) is 0 Å². The minimum Gasteiger partial charge on any atom is -0.481 e. The molecule has 1 rings (SSSR count). The van der Waals surface area contributed by atoms with Gasteiger partial charge in [-0.05, 0) is 12.5 Å². The fraction of sp³-hybridized carbons (Fsp3) is 0.333. The quantitative estimate of drug-likeness (QED) is 0.565. The Balaban J connectivity index is 2.89. The van der Waals surface area contributed by atoms with Crippen molar-refractivity contribution in [1.29, 1.82) is 0 Å². The van der Waals surface area contributed by atoms with Gasteiger partial charge >= 0.3 is 5.97 Å².